The summed E-state index contributed by atoms with van der Waals surface area (Å²) in [6, 6.07) is 9.18. The van der Waals surface area contributed by atoms with Crippen LogP contribution in [-0.4, -0.2) is 37.9 Å². The molecule has 1 atom stereocenters. The van der Waals surface area contributed by atoms with Crippen LogP contribution < -0.4 is 0 Å². The number of piperidine rings is 1. The zero-order valence-electron chi connectivity index (χ0n) is 11.4. The van der Waals surface area contributed by atoms with Crippen LogP contribution in [0.4, 0.5) is 0 Å². The van der Waals surface area contributed by atoms with E-state index < -0.39 is 9.84 Å². The van der Waals surface area contributed by atoms with Gasteiger partial charge in [-0.2, -0.15) is 0 Å². The number of rotatable bonds is 2. The van der Waals surface area contributed by atoms with Gasteiger partial charge >= 0.3 is 0 Å². The number of fused-ring (bicyclic) bond motifs is 1. The van der Waals surface area contributed by atoms with Crippen LogP contribution in [-0.2, 0) is 16.3 Å². The van der Waals surface area contributed by atoms with E-state index in [1.165, 1.54) is 23.8 Å². The van der Waals surface area contributed by atoms with E-state index >= 15 is 0 Å². The summed E-state index contributed by atoms with van der Waals surface area (Å²) in [6.07, 6.45) is 5.29. The van der Waals surface area contributed by atoms with Crippen molar-refractivity contribution in [3.05, 3.63) is 35.4 Å². The van der Waals surface area contributed by atoms with Crippen LogP contribution in [0.25, 0.3) is 0 Å². The van der Waals surface area contributed by atoms with Gasteiger partial charge < -0.3 is 0 Å². The zero-order chi connectivity index (χ0) is 13.5. The van der Waals surface area contributed by atoms with Crippen LogP contribution in [0.15, 0.2) is 24.3 Å². The third-order valence-corrected chi connectivity index (χ3v) is 6.31. The third kappa shape index (κ3) is 2.56. The number of nitrogens with zero attached hydrogens (tertiary/aromatic N) is 1. The van der Waals surface area contributed by atoms with Crippen molar-refractivity contribution in [2.75, 3.05) is 19.3 Å². The van der Waals surface area contributed by atoms with Crippen molar-refractivity contribution in [2.24, 2.45) is 0 Å². The van der Waals surface area contributed by atoms with Crippen LogP contribution in [0.3, 0.4) is 0 Å². The number of hydrogen-bond donors (Lipinski definition) is 0. The van der Waals surface area contributed by atoms with Crippen molar-refractivity contribution >= 4 is 9.84 Å². The molecule has 0 radical (unpaired) electrons. The molecule has 1 saturated heterocycles. The Labute approximate surface area is 115 Å². The number of benzene rings is 1. The van der Waals surface area contributed by atoms with Gasteiger partial charge in [0, 0.05) is 12.3 Å². The molecule has 2 aliphatic rings. The normalized spacial score (nSPS) is 25.4. The smallest absolute Gasteiger partial charge is 0.150 e. The Hall–Kier alpha value is -0.870. The zero-order valence-corrected chi connectivity index (χ0v) is 12.2. The van der Waals surface area contributed by atoms with Gasteiger partial charge in [0.05, 0.1) is 5.25 Å². The summed E-state index contributed by atoms with van der Waals surface area (Å²) in [5, 5.41) is -0.125. The summed E-state index contributed by atoms with van der Waals surface area (Å²) in [5.41, 5.74) is 2.93. The molecule has 1 unspecified atom stereocenters. The van der Waals surface area contributed by atoms with E-state index in [0.29, 0.717) is 6.04 Å². The molecule has 1 aromatic rings. The predicted molar refractivity (Wildman–Crippen MR) is 76.9 cm³/mol. The van der Waals surface area contributed by atoms with Gasteiger partial charge in [-0.05, 0) is 49.9 Å². The van der Waals surface area contributed by atoms with Crippen LogP contribution in [0.1, 0.15) is 36.4 Å². The fourth-order valence-corrected chi connectivity index (χ4v) is 4.60. The van der Waals surface area contributed by atoms with Crippen molar-refractivity contribution in [3.63, 3.8) is 0 Å². The Morgan fingerprint density at radius 2 is 1.79 bits per heavy atom. The highest BCUT2D eigenvalue weighted by Crippen LogP contribution is 2.37. The fourth-order valence-electron chi connectivity index (χ4n) is 3.53. The van der Waals surface area contributed by atoms with Gasteiger partial charge in [0.2, 0.25) is 0 Å². The Bertz CT molecular complexity index is 559. The van der Waals surface area contributed by atoms with E-state index in [1.54, 1.807) is 0 Å². The molecule has 0 spiro atoms. The van der Waals surface area contributed by atoms with Gasteiger partial charge in [0.1, 0.15) is 9.84 Å². The van der Waals surface area contributed by atoms with Gasteiger partial charge in [-0.1, -0.05) is 24.3 Å². The Balaban J connectivity index is 1.71. The second-order valence-electron chi connectivity index (χ2n) is 5.82. The van der Waals surface area contributed by atoms with E-state index in [2.05, 4.69) is 29.2 Å². The lowest BCUT2D eigenvalue weighted by molar-refractivity contribution is 0.164. The monoisotopic (exact) mass is 279 g/mol. The quantitative estimate of drug-likeness (QED) is 0.833. The summed E-state index contributed by atoms with van der Waals surface area (Å²) in [5.74, 6) is 0. The average molecular weight is 279 g/mol. The first-order chi connectivity index (χ1) is 9.05. The molecule has 0 amide bonds. The maximum atomic E-state index is 11.6. The van der Waals surface area contributed by atoms with Gasteiger partial charge in [-0.3, -0.25) is 4.90 Å². The minimum absolute atomic E-state index is 0.125. The van der Waals surface area contributed by atoms with E-state index in [-0.39, 0.29) is 5.25 Å². The lowest BCUT2D eigenvalue weighted by Crippen LogP contribution is -2.40. The van der Waals surface area contributed by atoms with E-state index in [9.17, 15) is 8.42 Å². The predicted octanol–water partition coefficient (Wildman–Crippen LogP) is 2.18. The molecule has 0 aromatic heterocycles. The lowest BCUT2D eigenvalue weighted by atomic mass is 10.0. The van der Waals surface area contributed by atoms with Crippen LogP contribution in [0.5, 0.6) is 0 Å². The summed E-state index contributed by atoms with van der Waals surface area (Å²) >= 11 is 0. The number of sulfone groups is 1. The molecule has 1 aromatic carbocycles. The minimum Gasteiger partial charge on any atom is -0.296 e. The molecule has 3 nitrogen and oxygen atoms in total. The van der Waals surface area contributed by atoms with Gasteiger partial charge in [0.15, 0.2) is 0 Å². The maximum absolute atomic E-state index is 11.6. The molecule has 0 saturated carbocycles. The van der Waals surface area contributed by atoms with Crippen molar-refractivity contribution < 1.29 is 8.42 Å². The highest BCUT2D eigenvalue weighted by molar-refractivity contribution is 7.91. The molecule has 1 fully saturated rings. The average Bonchev–Trinajstić information content (AvgIpc) is 2.82. The number of aryl methyl sites for hydroxylation is 1. The largest absolute Gasteiger partial charge is 0.296 e. The first-order valence-electron chi connectivity index (χ1n) is 7.06. The second kappa shape index (κ2) is 4.91. The molecule has 1 aliphatic carbocycles. The van der Waals surface area contributed by atoms with E-state index in [0.717, 1.165) is 32.4 Å². The Morgan fingerprint density at radius 1 is 1.11 bits per heavy atom. The molecule has 0 N–H and O–H groups in total. The molecule has 4 heteroatoms. The van der Waals surface area contributed by atoms with Gasteiger partial charge in [-0.15, -0.1) is 0 Å². The maximum Gasteiger partial charge on any atom is 0.150 e. The molecule has 3 rings (SSSR count). The number of likely N-dealkylation sites (tertiary alicyclic amines) is 1. The number of hydrogen-bond acceptors (Lipinski definition) is 3. The molecule has 1 aliphatic heterocycles. The Kier molecular flexibility index (Phi) is 3.39. The van der Waals surface area contributed by atoms with Crippen molar-refractivity contribution in [2.45, 2.75) is 37.0 Å². The van der Waals surface area contributed by atoms with Crippen molar-refractivity contribution in [3.8, 4) is 0 Å². The third-order valence-electron chi connectivity index (χ3n) is 4.62. The van der Waals surface area contributed by atoms with E-state index in [4.69, 9.17) is 0 Å². The van der Waals surface area contributed by atoms with Crippen LogP contribution in [0, 0.1) is 0 Å². The topological polar surface area (TPSA) is 37.4 Å². The first-order valence-corrected chi connectivity index (χ1v) is 9.02. The van der Waals surface area contributed by atoms with Crippen molar-refractivity contribution in [1.82, 2.24) is 4.90 Å². The molecule has 1 heterocycles. The summed E-state index contributed by atoms with van der Waals surface area (Å²) < 4.78 is 23.2. The lowest BCUT2D eigenvalue weighted by Gasteiger charge is -2.35. The molecular formula is C15H21NO2S. The molecule has 0 bridgehead atoms. The summed E-state index contributed by atoms with van der Waals surface area (Å²) in [6.45, 7) is 1.83. The first kappa shape index (κ1) is 13.1. The standard InChI is InChI=1S/C15H21NO2S/c1-19(17,18)13-8-10-16(11-9-13)15-7-6-12-4-2-3-5-14(12)15/h2-5,13,15H,6-11H2,1H3. The van der Waals surface area contributed by atoms with Crippen LogP contribution >= 0.6 is 0 Å². The SMILES string of the molecule is CS(=O)(=O)C1CCN(C2CCc3ccccc32)CC1. The van der Waals surface area contributed by atoms with E-state index in [1.807, 2.05) is 0 Å². The van der Waals surface area contributed by atoms with Crippen LogP contribution in [0.2, 0.25) is 0 Å². The fraction of sp³-hybridized carbons (Fsp3) is 0.600. The van der Waals surface area contributed by atoms with Crippen molar-refractivity contribution in [1.29, 1.82) is 0 Å². The molecule has 19 heavy (non-hydrogen) atoms. The van der Waals surface area contributed by atoms with Gasteiger partial charge in [-0.25, -0.2) is 8.42 Å². The summed E-state index contributed by atoms with van der Waals surface area (Å²) in [7, 11) is -2.86. The minimum atomic E-state index is -2.86. The van der Waals surface area contributed by atoms with Gasteiger partial charge in [0.25, 0.3) is 0 Å². The Morgan fingerprint density at radius 3 is 2.47 bits per heavy atom. The second-order valence-corrected chi connectivity index (χ2v) is 8.14. The highest BCUT2D eigenvalue weighted by atomic mass is 32.2. The molecule has 104 valence electrons. The molecular weight excluding hydrogens is 258 g/mol. The highest BCUT2D eigenvalue weighted by Gasteiger charge is 2.33. The summed E-state index contributed by atoms with van der Waals surface area (Å²) in [4.78, 5) is 2.48.